The van der Waals surface area contributed by atoms with Crippen molar-refractivity contribution in [2.45, 2.75) is 31.9 Å². The molecule has 5 N–H and O–H groups in total. The van der Waals surface area contributed by atoms with E-state index >= 15 is 0 Å². The number of allylic oxidation sites excluding steroid dienone is 1. The van der Waals surface area contributed by atoms with Crippen molar-refractivity contribution in [2.24, 2.45) is 23.5 Å². The van der Waals surface area contributed by atoms with E-state index in [1.807, 2.05) is 6.07 Å². The lowest BCUT2D eigenvalue weighted by atomic mass is 9.88. The molecule has 0 radical (unpaired) electrons. The van der Waals surface area contributed by atoms with Crippen molar-refractivity contribution in [3.8, 4) is 5.75 Å². The van der Waals surface area contributed by atoms with Crippen LogP contribution >= 0.6 is 0 Å². The van der Waals surface area contributed by atoms with Gasteiger partial charge in [-0.3, -0.25) is 9.59 Å². The zero-order valence-electron chi connectivity index (χ0n) is 18.7. The highest BCUT2D eigenvalue weighted by Crippen LogP contribution is 2.45. The average molecular weight is 460 g/mol. The third-order valence-corrected chi connectivity index (χ3v) is 6.79. The van der Waals surface area contributed by atoms with E-state index in [0.29, 0.717) is 40.0 Å². The van der Waals surface area contributed by atoms with Crippen LogP contribution in [0.2, 0.25) is 0 Å². The predicted molar refractivity (Wildman–Crippen MR) is 126 cm³/mol. The van der Waals surface area contributed by atoms with E-state index in [1.54, 1.807) is 38.3 Å². The van der Waals surface area contributed by atoms with E-state index < -0.39 is 5.60 Å². The largest absolute Gasteiger partial charge is 0.476 e. The Morgan fingerprint density at radius 1 is 1.21 bits per heavy atom. The maximum Gasteiger partial charge on any atom is 0.268 e. The minimum atomic E-state index is -0.935. The maximum absolute atomic E-state index is 12.3. The molecule has 0 saturated heterocycles. The van der Waals surface area contributed by atoms with Gasteiger partial charge in [0.05, 0.1) is 17.9 Å². The number of carbonyl (C=O) groups excluding carboxylic acids is 2. The summed E-state index contributed by atoms with van der Waals surface area (Å²) in [6.45, 7) is 3.43. The van der Waals surface area contributed by atoms with Crippen LogP contribution in [0.3, 0.4) is 0 Å². The Bertz CT molecular complexity index is 1360. The Morgan fingerprint density at radius 2 is 2.03 bits per heavy atom. The van der Waals surface area contributed by atoms with Crippen LogP contribution in [0, 0.1) is 17.8 Å². The second-order valence-electron chi connectivity index (χ2n) is 9.48. The van der Waals surface area contributed by atoms with E-state index in [9.17, 15) is 9.59 Å². The summed E-state index contributed by atoms with van der Waals surface area (Å²) in [7, 11) is 0. The van der Waals surface area contributed by atoms with Gasteiger partial charge in [-0.05, 0) is 50.3 Å². The first kappa shape index (κ1) is 20.5. The Labute approximate surface area is 195 Å². The first-order chi connectivity index (χ1) is 16.3. The summed E-state index contributed by atoms with van der Waals surface area (Å²) in [5.74, 6) is 0.921. The minimum absolute atomic E-state index is 0.143. The van der Waals surface area contributed by atoms with Crippen LogP contribution in [-0.2, 0) is 9.59 Å². The number of nitrogens with zero attached hydrogens (tertiary/aromatic N) is 2. The highest BCUT2D eigenvalue weighted by molar-refractivity contribution is 6.00. The third-order valence-electron chi connectivity index (χ3n) is 6.79. The van der Waals surface area contributed by atoms with Crippen molar-refractivity contribution < 1.29 is 18.7 Å². The summed E-state index contributed by atoms with van der Waals surface area (Å²) < 4.78 is 11.4. The van der Waals surface area contributed by atoms with Crippen molar-refractivity contribution in [3.05, 3.63) is 42.7 Å². The topological polar surface area (TPSA) is 144 Å². The van der Waals surface area contributed by atoms with Crippen LogP contribution in [0.4, 0.5) is 23.1 Å². The number of hydrogen-bond donors (Lipinski definition) is 4. The summed E-state index contributed by atoms with van der Waals surface area (Å²) in [5, 5.41) is 9.47. The number of carbonyl (C=O) groups is 2. The molecule has 2 aliphatic carbocycles. The minimum Gasteiger partial charge on any atom is -0.476 e. The van der Waals surface area contributed by atoms with E-state index in [0.717, 1.165) is 6.42 Å². The van der Waals surface area contributed by atoms with E-state index in [2.05, 4.69) is 38.1 Å². The van der Waals surface area contributed by atoms with Gasteiger partial charge in [0.1, 0.15) is 11.3 Å². The number of aromatic nitrogens is 2. The van der Waals surface area contributed by atoms with Crippen LogP contribution in [0.1, 0.15) is 20.3 Å². The zero-order valence-corrected chi connectivity index (χ0v) is 18.7. The highest BCUT2D eigenvalue weighted by Gasteiger charge is 2.47. The van der Waals surface area contributed by atoms with Gasteiger partial charge in [0, 0.05) is 17.8 Å². The number of furan rings is 1. The number of fused-ring (bicyclic) bond motifs is 4. The molecule has 3 aliphatic rings. The van der Waals surface area contributed by atoms with Crippen molar-refractivity contribution in [2.75, 3.05) is 16.0 Å². The number of ether oxygens (including phenoxy) is 1. The molecule has 34 heavy (non-hydrogen) atoms. The predicted octanol–water partition coefficient (Wildman–Crippen LogP) is 3.16. The standard InChI is InChI=1S/C24H24N6O4/c1-24(2)22(32)27-15-10-13(5-6-16(15)34-24)26-23-28-14-7-8-33-19(14)21(30-23)29-18-12-4-3-11(9-12)17(18)20(25)31/h3-8,10-12,17-18H,9H2,1-2H3,(H2,25,31)(H,27,32)(H2,26,28,29,30)/t11-,12+,17+,18-/m0/s1. The fraction of sp³-hybridized carbons (Fsp3) is 0.333. The molecule has 4 atom stereocenters. The third kappa shape index (κ3) is 3.25. The van der Waals surface area contributed by atoms with Gasteiger partial charge in [-0.1, -0.05) is 12.2 Å². The molecule has 1 fully saturated rings. The van der Waals surface area contributed by atoms with Gasteiger partial charge < -0.3 is 30.8 Å². The number of primary amides is 1. The summed E-state index contributed by atoms with van der Waals surface area (Å²) in [6, 6.07) is 6.97. The molecular formula is C24H24N6O4. The van der Waals surface area contributed by atoms with Crippen molar-refractivity contribution in [1.82, 2.24) is 9.97 Å². The van der Waals surface area contributed by atoms with Crippen LogP contribution in [0.5, 0.6) is 5.75 Å². The van der Waals surface area contributed by atoms with Crippen molar-refractivity contribution in [3.63, 3.8) is 0 Å². The fourth-order valence-corrected chi connectivity index (χ4v) is 5.10. The molecule has 3 aromatic rings. The first-order valence-electron chi connectivity index (χ1n) is 11.2. The summed E-state index contributed by atoms with van der Waals surface area (Å²) in [5.41, 5.74) is 7.14. The van der Waals surface area contributed by atoms with E-state index in [4.69, 9.17) is 14.9 Å². The fourth-order valence-electron chi connectivity index (χ4n) is 5.10. The second kappa shape index (κ2) is 7.21. The summed E-state index contributed by atoms with van der Waals surface area (Å²) >= 11 is 0. The van der Waals surface area contributed by atoms with Crippen LogP contribution in [0.25, 0.3) is 11.1 Å². The van der Waals surface area contributed by atoms with E-state index in [-0.39, 0.29) is 35.6 Å². The van der Waals surface area contributed by atoms with Crippen LogP contribution < -0.4 is 26.4 Å². The molecule has 2 amide bonds. The molecule has 2 bridgehead atoms. The molecule has 2 aromatic heterocycles. The van der Waals surface area contributed by atoms with Crippen molar-refractivity contribution >= 4 is 46.1 Å². The molecular weight excluding hydrogens is 436 g/mol. The summed E-state index contributed by atoms with van der Waals surface area (Å²) in [6.07, 6.45) is 6.65. The molecule has 0 spiro atoms. The van der Waals surface area contributed by atoms with Gasteiger partial charge in [-0.2, -0.15) is 4.98 Å². The molecule has 1 saturated carbocycles. The van der Waals surface area contributed by atoms with Crippen LogP contribution in [-0.4, -0.2) is 33.4 Å². The molecule has 10 heteroatoms. The number of hydrogen-bond acceptors (Lipinski definition) is 8. The molecule has 1 aromatic carbocycles. The van der Waals surface area contributed by atoms with E-state index in [1.165, 1.54) is 0 Å². The van der Waals surface area contributed by atoms with Gasteiger partial charge >= 0.3 is 0 Å². The van der Waals surface area contributed by atoms with Crippen LogP contribution in [0.15, 0.2) is 47.1 Å². The zero-order chi connectivity index (χ0) is 23.6. The van der Waals surface area contributed by atoms with Gasteiger partial charge in [0.25, 0.3) is 5.91 Å². The highest BCUT2D eigenvalue weighted by atomic mass is 16.5. The van der Waals surface area contributed by atoms with Gasteiger partial charge in [-0.25, -0.2) is 4.98 Å². The monoisotopic (exact) mass is 460 g/mol. The molecule has 10 nitrogen and oxygen atoms in total. The normalized spacial score (nSPS) is 26.1. The maximum atomic E-state index is 12.3. The number of nitrogens with two attached hydrogens (primary N) is 1. The Balaban J connectivity index is 1.30. The number of rotatable bonds is 5. The number of nitrogens with one attached hydrogen (secondary N) is 3. The molecule has 1 aliphatic heterocycles. The SMILES string of the molecule is CC1(C)Oc2ccc(Nc3nc(N[C@@H]4[C@H](C(N)=O)[C@H]5C=C[C@@H]4C5)c4occc4n3)cc2NC1=O. The first-order valence-corrected chi connectivity index (χ1v) is 11.2. The number of benzene rings is 1. The van der Waals surface area contributed by atoms with Gasteiger partial charge in [-0.15, -0.1) is 0 Å². The second-order valence-corrected chi connectivity index (χ2v) is 9.48. The van der Waals surface area contributed by atoms with Gasteiger partial charge in [0.15, 0.2) is 17.0 Å². The number of anilines is 4. The van der Waals surface area contributed by atoms with Gasteiger partial charge in [0.2, 0.25) is 11.9 Å². The lowest BCUT2D eigenvalue weighted by molar-refractivity contribution is -0.129. The molecule has 6 rings (SSSR count). The molecule has 3 heterocycles. The smallest absolute Gasteiger partial charge is 0.268 e. The Hall–Kier alpha value is -4.08. The number of amides is 2. The summed E-state index contributed by atoms with van der Waals surface area (Å²) in [4.78, 5) is 33.6. The average Bonchev–Trinajstić information content (AvgIpc) is 3.51. The lowest BCUT2D eigenvalue weighted by Crippen LogP contribution is -2.45. The molecule has 174 valence electrons. The Kier molecular flexibility index (Phi) is 4.35. The lowest BCUT2D eigenvalue weighted by Gasteiger charge is -2.31. The quantitative estimate of drug-likeness (QED) is 0.425. The van der Waals surface area contributed by atoms with Crippen molar-refractivity contribution in [1.29, 1.82) is 0 Å². The molecule has 0 unspecified atom stereocenters. The Morgan fingerprint density at radius 3 is 2.85 bits per heavy atom.